The van der Waals surface area contributed by atoms with E-state index < -0.39 is 0 Å². The van der Waals surface area contributed by atoms with Crippen molar-refractivity contribution in [1.82, 2.24) is 20.1 Å². The molecular weight excluding hydrogens is 442 g/mol. The third kappa shape index (κ3) is 3.28. The summed E-state index contributed by atoms with van der Waals surface area (Å²) in [6.45, 7) is 4.17. The summed E-state index contributed by atoms with van der Waals surface area (Å²) in [5.41, 5.74) is 11.1. The molecule has 0 unspecified atom stereocenters. The van der Waals surface area contributed by atoms with Crippen molar-refractivity contribution >= 4 is 50.6 Å². The van der Waals surface area contributed by atoms with E-state index in [0.717, 1.165) is 59.3 Å². The van der Waals surface area contributed by atoms with Gasteiger partial charge in [-0.1, -0.05) is 12.1 Å². The van der Waals surface area contributed by atoms with Crippen LogP contribution in [-0.2, 0) is 0 Å². The number of nitrogens with two attached hydrogens (primary N) is 1. The van der Waals surface area contributed by atoms with Crippen molar-refractivity contribution in [3.8, 4) is 22.5 Å². The average molecular weight is 466 g/mol. The Bertz CT molecular complexity index is 1410. The van der Waals surface area contributed by atoms with Crippen molar-refractivity contribution in [1.29, 1.82) is 0 Å². The van der Waals surface area contributed by atoms with E-state index in [-0.39, 0.29) is 12.4 Å². The number of hydrogen-bond donors (Lipinski definition) is 2. The van der Waals surface area contributed by atoms with Gasteiger partial charge in [-0.05, 0) is 55.8 Å². The maximum absolute atomic E-state index is 6.36. The number of aromatic nitrogens is 3. The van der Waals surface area contributed by atoms with Gasteiger partial charge < -0.3 is 15.5 Å². The summed E-state index contributed by atoms with van der Waals surface area (Å²) in [6.07, 6.45) is 8.10. The van der Waals surface area contributed by atoms with Crippen molar-refractivity contribution in [2.24, 2.45) is 0 Å². The Labute approximate surface area is 195 Å². The first-order valence-electron chi connectivity index (χ1n) is 10.6. The van der Waals surface area contributed by atoms with E-state index >= 15 is 0 Å². The molecule has 0 atom stereocenters. The van der Waals surface area contributed by atoms with Gasteiger partial charge in [-0.15, -0.1) is 23.7 Å². The molecule has 164 valence electrons. The van der Waals surface area contributed by atoms with Crippen molar-refractivity contribution in [3.05, 3.63) is 53.8 Å². The highest BCUT2D eigenvalue weighted by atomic mass is 35.5. The Morgan fingerprint density at radius 3 is 2.84 bits per heavy atom. The Balaban J connectivity index is 0.00000216. The minimum atomic E-state index is 0. The zero-order valence-electron chi connectivity index (χ0n) is 17.7. The minimum Gasteiger partial charge on any atom is -0.452 e. The molecule has 0 amide bonds. The largest absolute Gasteiger partial charge is 0.452 e. The molecule has 3 N–H and O–H groups in total. The van der Waals surface area contributed by atoms with Crippen LogP contribution in [0.1, 0.15) is 24.4 Å². The van der Waals surface area contributed by atoms with Crippen LogP contribution in [0, 0.1) is 6.92 Å². The van der Waals surface area contributed by atoms with Gasteiger partial charge in [0.1, 0.15) is 5.76 Å². The highest BCUT2D eigenvalue weighted by Crippen LogP contribution is 2.43. The van der Waals surface area contributed by atoms with Crippen molar-refractivity contribution < 1.29 is 4.42 Å². The van der Waals surface area contributed by atoms with Crippen LogP contribution < -0.4 is 11.1 Å². The fourth-order valence-electron chi connectivity index (χ4n) is 4.67. The minimum absolute atomic E-state index is 0. The van der Waals surface area contributed by atoms with Crippen molar-refractivity contribution in [2.75, 3.05) is 18.8 Å². The third-order valence-electron chi connectivity index (χ3n) is 6.30. The lowest BCUT2D eigenvalue weighted by atomic mass is 10.0. The molecule has 0 spiro atoms. The maximum Gasteiger partial charge on any atom is 0.177 e. The van der Waals surface area contributed by atoms with Gasteiger partial charge in [0.2, 0.25) is 0 Å². The number of fused-ring (bicyclic) bond motifs is 2. The Morgan fingerprint density at radius 2 is 2.00 bits per heavy atom. The van der Waals surface area contributed by atoms with Gasteiger partial charge in [-0.3, -0.25) is 4.68 Å². The number of benzene rings is 1. The SMILES string of the molecule is Cc1c(-c2cccc3ccsc23)oc2c(N)ncc(-c3cnn(C4CCNCC4)c3)c12.Cl. The maximum atomic E-state index is 6.36. The Morgan fingerprint density at radius 1 is 1.16 bits per heavy atom. The van der Waals surface area contributed by atoms with Crippen LogP contribution in [0.3, 0.4) is 0 Å². The third-order valence-corrected chi connectivity index (χ3v) is 7.26. The second kappa shape index (κ2) is 8.24. The van der Waals surface area contributed by atoms with Gasteiger partial charge in [0.05, 0.1) is 12.2 Å². The van der Waals surface area contributed by atoms with Gasteiger partial charge in [-0.2, -0.15) is 5.10 Å². The van der Waals surface area contributed by atoms with E-state index in [1.807, 2.05) is 12.4 Å². The van der Waals surface area contributed by atoms with E-state index in [2.05, 4.69) is 62.8 Å². The molecule has 0 bridgehead atoms. The van der Waals surface area contributed by atoms with E-state index in [1.165, 1.54) is 10.1 Å². The molecule has 1 aliphatic heterocycles. The van der Waals surface area contributed by atoms with E-state index in [0.29, 0.717) is 17.4 Å². The smallest absolute Gasteiger partial charge is 0.177 e. The molecule has 0 saturated carbocycles. The van der Waals surface area contributed by atoms with Gasteiger partial charge in [0, 0.05) is 44.7 Å². The number of nitrogen functional groups attached to an aromatic ring is 1. The molecule has 4 aromatic heterocycles. The van der Waals surface area contributed by atoms with Crippen LogP contribution in [0.15, 0.2) is 52.7 Å². The molecule has 8 heteroatoms. The fourth-order valence-corrected chi connectivity index (χ4v) is 5.58. The predicted molar refractivity (Wildman–Crippen MR) is 134 cm³/mol. The molecule has 0 radical (unpaired) electrons. The van der Waals surface area contributed by atoms with Crippen LogP contribution in [0.25, 0.3) is 43.5 Å². The lowest BCUT2D eigenvalue weighted by Crippen LogP contribution is -2.29. The molecule has 0 aliphatic carbocycles. The normalized spacial score (nSPS) is 14.8. The summed E-state index contributed by atoms with van der Waals surface area (Å²) in [5, 5.41) is 12.4. The first kappa shape index (κ1) is 21.0. The predicted octanol–water partition coefficient (Wildman–Crippen LogP) is 5.81. The first-order valence-corrected chi connectivity index (χ1v) is 11.5. The van der Waals surface area contributed by atoms with E-state index in [9.17, 15) is 0 Å². The van der Waals surface area contributed by atoms with Crippen molar-refractivity contribution in [3.63, 3.8) is 0 Å². The number of aryl methyl sites for hydroxylation is 1. The molecule has 6 rings (SSSR count). The topological polar surface area (TPSA) is 81.9 Å². The molecule has 6 nitrogen and oxygen atoms in total. The zero-order valence-corrected chi connectivity index (χ0v) is 19.3. The molecule has 1 aliphatic rings. The van der Waals surface area contributed by atoms with E-state index in [1.54, 1.807) is 11.3 Å². The second-order valence-corrected chi connectivity index (χ2v) is 9.07. The zero-order chi connectivity index (χ0) is 20.9. The fraction of sp³-hybridized carbons (Fsp3) is 0.250. The number of anilines is 1. The summed E-state index contributed by atoms with van der Waals surface area (Å²) >= 11 is 1.73. The van der Waals surface area contributed by atoms with Crippen LogP contribution >= 0.6 is 23.7 Å². The standard InChI is InChI=1S/C24H23N5OS.ClH/c1-14-20-19(16-11-28-29(13-16)17-5-8-26-9-6-17)12-27-24(25)22(20)30-21(14)18-4-2-3-15-7-10-31-23(15)18;/h2-4,7,10-13,17,26H,5-6,8-9H2,1H3,(H2,25,27);1H. The molecule has 5 aromatic rings. The molecule has 1 aromatic carbocycles. The number of nitrogens with zero attached hydrogens (tertiary/aromatic N) is 3. The molecule has 32 heavy (non-hydrogen) atoms. The van der Waals surface area contributed by atoms with Crippen LogP contribution in [0.4, 0.5) is 5.82 Å². The molecule has 1 fully saturated rings. The van der Waals surface area contributed by atoms with Gasteiger partial charge in [0.15, 0.2) is 11.4 Å². The summed E-state index contributed by atoms with van der Waals surface area (Å²) in [7, 11) is 0. The summed E-state index contributed by atoms with van der Waals surface area (Å²) in [5.74, 6) is 1.27. The number of rotatable bonds is 3. The Hall–Kier alpha value is -2.87. The lowest BCUT2D eigenvalue weighted by Gasteiger charge is -2.22. The molecule has 5 heterocycles. The van der Waals surface area contributed by atoms with Gasteiger partial charge in [-0.25, -0.2) is 4.98 Å². The van der Waals surface area contributed by atoms with Crippen molar-refractivity contribution in [2.45, 2.75) is 25.8 Å². The Kier molecular flexibility index (Phi) is 5.41. The molecule has 1 saturated heterocycles. The number of piperidine rings is 1. The highest BCUT2D eigenvalue weighted by Gasteiger charge is 2.22. The monoisotopic (exact) mass is 465 g/mol. The molecular formula is C24H24ClN5OS. The number of hydrogen-bond acceptors (Lipinski definition) is 6. The number of thiophene rings is 1. The lowest BCUT2D eigenvalue weighted by molar-refractivity contribution is 0.343. The van der Waals surface area contributed by atoms with E-state index in [4.69, 9.17) is 10.2 Å². The second-order valence-electron chi connectivity index (χ2n) is 8.15. The van der Waals surface area contributed by atoms with Crippen LogP contribution in [0.2, 0.25) is 0 Å². The quantitative estimate of drug-likeness (QED) is 0.351. The summed E-state index contributed by atoms with van der Waals surface area (Å²) < 4.78 is 9.68. The van der Waals surface area contributed by atoms with Gasteiger partial charge >= 0.3 is 0 Å². The van der Waals surface area contributed by atoms with Crippen LogP contribution in [0.5, 0.6) is 0 Å². The average Bonchev–Trinajstić information content (AvgIpc) is 3.54. The van der Waals surface area contributed by atoms with Gasteiger partial charge in [0.25, 0.3) is 0 Å². The first-order chi connectivity index (χ1) is 15.2. The number of pyridine rings is 1. The van der Waals surface area contributed by atoms with Crippen LogP contribution in [-0.4, -0.2) is 27.9 Å². The highest BCUT2D eigenvalue weighted by molar-refractivity contribution is 7.17. The number of nitrogens with one attached hydrogen (secondary N) is 1. The number of halogens is 1. The number of furan rings is 1. The summed E-state index contributed by atoms with van der Waals surface area (Å²) in [4.78, 5) is 4.45. The summed E-state index contributed by atoms with van der Waals surface area (Å²) in [6, 6.07) is 8.89.